The summed E-state index contributed by atoms with van der Waals surface area (Å²) < 4.78 is 10.8. The number of hydrogen-bond acceptors (Lipinski definition) is 3. The van der Waals surface area contributed by atoms with Crippen LogP contribution >= 0.6 is 0 Å². The lowest BCUT2D eigenvalue weighted by molar-refractivity contribution is 0.230. The van der Waals surface area contributed by atoms with Crippen molar-refractivity contribution in [2.24, 2.45) is 5.92 Å². The van der Waals surface area contributed by atoms with Crippen LogP contribution in [0.4, 0.5) is 0 Å². The second-order valence-electron chi connectivity index (χ2n) is 3.66. The van der Waals surface area contributed by atoms with Gasteiger partial charge in [-0.05, 0) is 19.3 Å². The van der Waals surface area contributed by atoms with Crippen LogP contribution in [0.15, 0.2) is 0 Å². The molecule has 3 nitrogen and oxygen atoms in total. The summed E-state index contributed by atoms with van der Waals surface area (Å²) in [5.41, 5.74) is 0. The molecule has 0 spiro atoms. The van der Waals surface area contributed by atoms with Gasteiger partial charge < -0.3 is 10.4 Å². The monoisotopic (exact) mass is 207 g/mol. The van der Waals surface area contributed by atoms with Crippen LogP contribution in [-0.4, -0.2) is 40.5 Å². The van der Waals surface area contributed by atoms with Crippen molar-refractivity contribution in [1.29, 1.82) is 0 Å². The van der Waals surface area contributed by atoms with E-state index in [1.807, 2.05) is 6.92 Å². The molecule has 0 bridgehead atoms. The van der Waals surface area contributed by atoms with Crippen LogP contribution in [0.3, 0.4) is 0 Å². The Kier molecular flexibility index (Phi) is 7.51. The number of aliphatic hydroxyl groups is 1. The van der Waals surface area contributed by atoms with E-state index >= 15 is 0 Å². The Labute approximate surface area is 83.4 Å². The van der Waals surface area contributed by atoms with Gasteiger partial charge in [0.1, 0.15) is 0 Å². The van der Waals surface area contributed by atoms with E-state index < -0.39 is 10.8 Å². The lowest BCUT2D eigenvalue weighted by Gasteiger charge is -2.15. The minimum absolute atomic E-state index is 0.222. The maximum Gasteiger partial charge on any atom is 0.0468 e. The molecule has 0 aliphatic carbocycles. The van der Waals surface area contributed by atoms with E-state index in [2.05, 4.69) is 12.2 Å². The molecule has 13 heavy (non-hydrogen) atoms. The van der Waals surface area contributed by atoms with Crippen molar-refractivity contribution in [3.05, 3.63) is 0 Å². The predicted octanol–water partition coefficient (Wildman–Crippen LogP) is 0.361. The van der Waals surface area contributed by atoms with Gasteiger partial charge >= 0.3 is 0 Å². The Morgan fingerprint density at radius 3 is 2.54 bits per heavy atom. The summed E-state index contributed by atoms with van der Waals surface area (Å²) in [5, 5.41) is 12.1. The van der Waals surface area contributed by atoms with Crippen molar-refractivity contribution >= 4 is 10.8 Å². The first-order valence-corrected chi connectivity index (χ1v) is 6.43. The lowest BCUT2D eigenvalue weighted by atomic mass is 10.2. The van der Waals surface area contributed by atoms with Crippen LogP contribution in [0.5, 0.6) is 0 Å². The summed E-state index contributed by atoms with van der Waals surface area (Å²) >= 11 is 0. The molecule has 0 aromatic carbocycles. The highest BCUT2D eigenvalue weighted by Crippen LogP contribution is 1.95. The second-order valence-corrected chi connectivity index (χ2v) is 5.22. The quantitative estimate of drug-likeness (QED) is 0.634. The van der Waals surface area contributed by atoms with Crippen LogP contribution in [0.2, 0.25) is 0 Å². The number of nitrogens with one attached hydrogen (secondary N) is 1. The highest BCUT2D eigenvalue weighted by atomic mass is 32.2. The first-order chi connectivity index (χ1) is 6.06. The fourth-order valence-corrected chi connectivity index (χ4v) is 1.60. The maximum absolute atomic E-state index is 10.8. The Bertz CT molecular complexity index is 153. The van der Waals surface area contributed by atoms with E-state index in [-0.39, 0.29) is 6.61 Å². The maximum atomic E-state index is 10.8. The Morgan fingerprint density at radius 2 is 2.08 bits per heavy atom. The van der Waals surface area contributed by atoms with Gasteiger partial charge in [-0.15, -0.1) is 0 Å². The van der Waals surface area contributed by atoms with Gasteiger partial charge in [0.25, 0.3) is 0 Å². The molecule has 0 aromatic heterocycles. The zero-order chi connectivity index (χ0) is 10.3. The van der Waals surface area contributed by atoms with E-state index in [4.69, 9.17) is 5.11 Å². The first kappa shape index (κ1) is 13.1. The average Bonchev–Trinajstić information content (AvgIpc) is 2.10. The molecule has 0 radical (unpaired) electrons. The first-order valence-electron chi connectivity index (χ1n) is 4.70. The highest BCUT2D eigenvalue weighted by molar-refractivity contribution is 7.84. The van der Waals surface area contributed by atoms with E-state index in [1.165, 1.54) is 0 Å². The molecule has 0 aliphatic heterocycles. The number of hydrogen-bond donors (Lipinski definition) is 2. The summed E-state index contributed by atoms with van der Waals surface area (Å²) in [6, 6.07) is 0.387. The molecule has 0 heterocycles. The molecule has 80 valence electrons. The van der Waals surface area contributed by atoms with Crippen LogP contribution in [0.1, 0.15) is 20.3 Å². The van der Waals surface area contributed by atoms with Crippen LogP contribution < -0.4 is 5.32 Å². The molecule has 0 aliphatic rings. The van der Waals surface area contributed by atoms with E-state index in [0.717, 1.165) is 18.7 Å². The molecule has 0 fully saturated rings. The third kappa shape index (κ3) is 8.40. The lowest BCUT2D eigenvalue weighted by Crippen LogP contribution is -2.32. The molecule has 3 unspecified atom stereocenters. The van der Waals surface area contributed by atoms with Crippen LogP contribution in [0.25, 0.3) is 0 Å². The van der Waals surface area contributed by atoms with Crippen molar-refractivity contribution < 1.29 is 9.32 Å². The Hall–Kier alpha value is 0.0700. The van der Waals surface area contributed by atoms with Crippen molar-refractivity contribution in [2.75, 3.05) is 25.2 Å². The molecule has 4 heteroatoms. The van der Waals surface area contributed by atoms with E-state index in [9.17, 15) is 4.21 Å². The summed E-state index contributed by atoms with van der Waals surface area (Å²) in [6.45, 7) is 5.13. The summed E-state index contributed by atoms with van der Waals surface area (Å²) in [4.78, 5) is 0. The van der Waals surface area contributed by atoms with Gasteiger partial charge in [0.2, 0.25) is 0 Å². The predicted molar refractivity (Wildman–Crippen MR) is 57.3 cm³/mol. The van der Waals surface area contributed by atoms with Crippen molar-refractivity contribution in [3.63, 3.8) is 0 Å². The van der Waals surface area contributed by atoms with E-state index in [0.29, 0.717) is 12.0 Å². The normalized spacial score (nSPS) is 18.2. The van der Waals surface area contributed by atoms with Gasteiger partial charge in [0, 0.05) is 42.0 Å². The SMILES string of the molecule is CC(CO)CNC(C)CCS(C)=O. The molecule has 0 saturated carbocycles. The molecule has 0 aromatic rings. The van der Waals surface area contributed by atoms with Gasteiger partial charge in [-0.3, -0.25) is 4.21 Å². The minimum atomic E-state index is -0.692. The van der Waals surface area contributed by atoms with Gasteiger partial charge in [0.05, 0.1) is 0 Å². The topological polar surface area (TPSA) is 49.3 Å². The van der Waals surface area contributed by atoms with Gasteiger partial charge in [-0.2, -0.15) is 0 Å². The van der Waals surface area contributed by atoms with Crippen molar-refractivity contribution in [1.82, 2.24) is 5.32 Å². The van der Waals surface area contributed by atoms with Crippen molar-refractivity contribution in [3.8, 4) is 0 Å². The zero-order valence-corrected chi connectivity index (χ0v) is 9.56. The minimum Gasteiger partial charge on any atom is -0.396 e. The number of rotatable bonds is 7. The molecular formula is C9H21NO2S. The molecule has 0 saturated heterocycles. The third-order valence-corrected chi connectivity index (χ3v) is 2.78. The summed E-state index contributed by atoms with van der Waals surface area (Å²) in [6.07, 6.45) is 2.66. The molecule has 0 amide bonds. The smallest absolute Gasteiger partial charge is 0.0468 e. The molecular weight excluding hydrogens is 186 g/mol. The van der Waals surface area contributed by atoms with Crippen LogP contribution in [0, 0.1) is 5.92 Å². The Balaban J connectivity index is 3.39. The fraction of sp³-hybridized carbons (Fsp3) is 1.00. The van der Waals surface area contributed by atoms with Gasteiger partial charge in [0.15, 0.2) is 0 Å². The van der Waals surface area contributed by atoms with Crippen molar-refractivity contribution in [2.45, 2.75) is 26.3 Å². The Morgan fingerprint density at radius 1 is 1.46 bits per heavy atom. The average molecular weight is 207 g/mol. The second kappa shape index (κ2) is 7.47. The van der Waals surface area contributed by atoms with Gasteiger partial charge in [-0.25, -0.2) is 0 Å². The summed E-state index contributed by atoms with van der Waals surface area (Å²) in [7, 11) is -0.692. The molecule has 3 atom stereocenters. The fourth-order valence-electron chi connectivity index (χ4n) is 0.912. The third-order valence-electron chi connectivity index (χ3n) is 1.96. The number of aliphatic hydroxyl groups excluding tert-OH is 1. The zero-order valence-electron chi connectivity index (χ0n) is 8.75. The van der Waals surface area contributed by atoms with Gasteiger partial charge in [-0.1, -0.05) is 6.92 Å². The molecule has 2 N–H and O–H groups in total. The standard InChI is InChI=1S/C9H21NO2S/c1-8(7-11)6-10-9(2)4-5-13(3)12/h8-11H,4-7H2,1-3H3. The highest BCUT2D eigenvalue weighted by Gasteiger charge is 2.04. The van der Waals surface area contributed by atoms with Crippen LogP contribution in [-0.2, 0) is 10.8 Å². The summed E-state index contributed by atoms with van der Waals surface area (Å²) in [5.74, 6) is 1.05. The largest absolute Gasteiger partial charge is 0.396 e. The van der Waals surface area contributed by atoms with E-state index in [1.54, 1.807) is 6.26 Å². The molecule has 0 rings (SSSR count).